The first-order valence-corrected chi connectivity index (χ1v) is 5.78. The molecule has 0 unspecified atom stereocenters. The van der Waals surface area contributed by atoms with Crippen LogP contribution in [-0.2, 0) is 0 Å². The second-order valence-corrected chi connectivity index (χ2v) is 4.47. The average Bonchev–Trinajstić information content (AvgIpc) is 2.29. The molecule has 1 saturated carbocycles. The van der Waals surface area contributed by atoms with Crippen LogP contribution in [-0.4, -0.2) is 13.3 Å². The minimum absolute atomic E-state index is 0.0527. The second-order valence-electron chi connectivity index (χ2n) is 4.47. The van der Waals surface area contributed by atoms with Crippen molar-refractivity contribution in [1.29, 1.82) is 0 Å². The minimum Gasteiger partial charge on any atom is -0.491 e. The molecule has 1 aliphatic carbocycles. The van der Waals surface area contributed by atoms with E-state index in [1.807, 2.05) is 0 Å². The van der Waals surface area contributed by atoms with E-state index in [1.165, 1.54) is 19.2 Å². The largest absolute Gasteiger partial charge is 0.491 e. The van der Waals surface area contributed by atoms with Crippen molar-refractivity contribution in [2.45, 2.75) is 37.8 Å². The third-order valence-electron chi connectivity index (χ3n) is 3.35. The molecule has 0 atom stereocenters. The van der Waals surface area contributed by atoms with Crippen LogP contribution in [0.1, 0.15) is 37.2 Å². The highest BCUT2D eigenvalue weighted by Crippen LogP contribution is 2.36. The van der Waals surface area contributed by atoms with Gasteiger partial charge < -0.3 is 4.74 Å². The summed E-state index contributed by atoms with van der Waals surface area (Å²) in [6, 6.07) is 2.59. The molecule has 0 spiro atoms. The maximum atomic E-state index is 13.5. The average molecular weight is 244 g/mol. The standard InChI is InChI=1S/C13H15F3O/c1-17-13-11(15)6-9(7-12(13)16)8-2-4-10(14)5-3-8/h6-8,10H,2-5H2,1H3. The normalized spacial score (nSPS) is 24.7. The molecule has 1 aromatic carbocycles. The van der Waals surface area contributed by atoms with E-state index in [0.717, 1.165) is 0 Å². The molecule has 0 bridgehead atoms. The summed E-state index contributed by atoms with van der Waals surface area (Å²) in [6.07, 6.45) is 1.47. The Morgan fingerprint density at radius 2 is 1.59 bits per heavy atom. The molecule has 0 radical (unpaired) electrons. The molecule has 0 N–H and O–H groups in total. The van der Waals surface area contributed by atoms with E-state index in [4.69, 9.17) is 0 Å². The molecule has 1 fully saturated rings. The Bertz CT molecular complexity index is 375. The monoisotopic (exact) mass is 244 g/mol. The highest BCUT2D eigenvalue weighted by molar-refractivity contribution is 5.33. The van der Waals surface area contributed by atoms with Crippen molar-refractivity contribution in [1.82, 2.24) is 0 Å². The number of benzene rings is 1. The van der Waals surface area contributed by atoms with Crippen molar-refractivity contribution in [3.05, 3.63) is 29.3 Å². The topological polar surface area (TPSA) is 9.23 Å². The highest BCUT2D eigenvalue weighted by atomic mass is 19.1. The first kappa shape index (κ1) is 12.3. The van der Waals surface area contributed by atoms with Crippen molar-refractivity contribution in [3.8, 4) is 5.75 Å². The molecule has 4 heteroatoms. The van der Waals surface area contributed by atoms with Crippen molar-refractivity contribution in [2.24, 2.45) is 0 Å². The summed E-state index contributed by atoms with van der Waals surface area (Å²) in [5.74, 6) is -1.68. The van der Waals surface area contributed by atoms with E-state index in [0.29, 0.717) is 31.2 Å². The van der Waals surface area contributed by atoms with Crippen LogP contribution >= 0.6 is 0 Å². The number of hydrogen-bond acceptors (Lipinski definition) is 1. The van der Waals surface area contributed by atoms with Gasteiger partial charge in [-0.2, -0.15) is 0 Å². The number of methoxy groups -OCH3 is 1. The maximum Gasteiger partial charge on any atom is 0.190 e. The predicted octanol–water partition coefficient (Wildman–Crippen LogP) is 3.97. The van der Waals surface area contributed by atoms with E-state index in [2.05, 4.69) is 4.74 Å². The van der Waals surface area contributed by atoms with Gasteiger partial charge in [-0.05, 0) is 49.3 Å². The Balaban J connectivity index is 2.22. The maximum absolute atomic E-state index is 13.5. The molecule has 0 heterocycles. The second kappa shape index (κ2) is 4.98. The van der Waals surface area contributed by atoms with Gasteiger partial charge >= 0.3 is 0 Å². The van der Waals surface area contributed by atoms with E-state index in [1.54, 1.807) is 0 Å². The van der Waals surface area contributed by atoms with Gasteiger partial charge in [0, 0.05) is 0 Å². The number of rotatable bonds is 2. The van der Waals surface area contributed by atoms with Gasteiger partial charge in [0.1, 0.15) is 6.17 Å². The molecule has 0 saturated heterocycles. The summed E-state index contributed by atoms with van der Waals surface area (Å²) < 4.78 is 44.6. The lowest BCUT2D eigenvalue weighted by molar-refractivity contribution is 0.235. The van der Waals surface area contributed by atoms with Gasteiger partial charge in [0.2, 0.25) is 0 Å². The lowest BCUT2D eigenvalue weighted by Crippen LogP contribution is -2.14. The van der Waals surface area contributed by atoms with Crippen LogP contribution in [0, 0.1) is 11.6 Å². The number of halogens is 3. The number of hydrogen-bond donors (Lipinski definition) is 0. The lowest BCUT2D eigenvalue weighted by atomic mass is 9.83. The van der Waals surface area contributed by atoms with E-state index >= 15 is 0 Å². The van der Waals surface area contributed by atoms with Gasteiger partial charge in [-0.3, -0.25) is 0 Å². The molecule has 1 aromatic rings. The van der Waals surface area contributed by atoms with Crippen molar-refractivity contribution in [3.63, 3.8) is 0 Å². The summed E-state index contributed by atoms with van der Waals surface area (Å²) in [7, 11) is 1.23. The van der Waals surface area contributed by atoms with Crippen LogP contribution < -0.4 is 4.74 Å². The zero-order chi connectivity index (χ0) is 12.4. The zero-order valence-electron chi connectivity index (χ0n) is 9.68. The predicted molar refractivity (Wildman–Crippen MR) is 59.0 cm³/mol. The van der Waals surface area contributed by atoms with Crippen molar-refractivity contribution in [2.75, 3.05) is 7.11 Å². The Morgan fingerprint density at radius 3 is 2.06 bits per heavy atom. The van der Waals surface area contributed by atoms with Crippen LogP contribution in [0.2, 0.25) is 0 Å². The summed E-state index contributed by atoms with van der Waals surface area (Å²) in [5.41, 5.74) is 0.604. The molecule has 2 rings (SSSR count). The van der Waals surface area contributed by atoms with E-state index < -0.39 is 17.8 Å². The van der Waals surface area contributed by atoms with Gasteiger partial charge in [0.15, 0.2) is 17.4 Å². The minimum atomic E-state index is -0.765. The van der Waals surface area contributed by atoms with E-state index in [-0.39, 0.29) is 11.7 Å². The zero-order valence-corrected chi connectivity index (χ0v) is 9.68. The van der Waals surface area contributed by atoms with Gasteiger partial charge in [-0.25, -0.2) is 13.2 Å². The molecular formula is C13H15F3O. The molecule has 1 aliphatic rings. The number of ether oxygens (including phenoxy) is 1. The Kier molecular flexibility index (Phi) is 3.60. The fourth-order valence-electron chi connectivity index (χ4n) is 2.40. The fourth-order valence-corrected chi connectivity index (χ4v) is 2.40. The number of alkyl halides is 1. The van der Waals surface area contributed by atoms with Crippen LogP contribution in [0.5, 0.6) is 5.75 Å². The van der Waals surface area contributed by atoms with Crippen LogP contribution in [0.4, 0.5) is 13.2 Å². The Hall–Kier alpha value is -1.19. The first-order chi connectivity index (χ1) is 8.11. The van der Waals surface area contributed by atoms with E-state index in [9.17, 15) is 13.2 Å². The van der Waals surface area contributed by atoms with Crippen molar-refractivity contribution >= 4 is 0 Å². The third kappa shape index (κ3) is 2.56. The lowest BCUT2D eigenvalue weighted by Gasteiger charge is -2.24. The Labute approximate surface area is 98.6 Å². The summed E-state index contributed by atoms with van der Waals surface area (Å²) >= 11 is 0. The third-order valence-corrected chi connectivity index (χ3v) is 3.35. The summed E-state index contributed by atoms with van der Waals surface area (Å²) in [4.78, 5) is 0. The van der Waals surface area contributed by atoms with Gasteiger partial charge in [-0.1, -0.05) is 0 Å². The molecular weight excluding hydrogens is 229 g/mol. The molecule has 94 valence electrons. The molecule has 0 aliphatic heterocycles. The van der Waals surface area contributed by atoms with Crippen LogP contribution in [0.15, 0.2) is 12.1 Å². The molecule has 1 nitrogen and oxygen atoms in total. The highest BCUT2D eigenvalue weighted by Gasteiger charge is 2.24. The van der Waals surface area contributed by atoms with Crippen LogP contribution in [0.3, 0.4) is 0 Å². The van der Waals surface area contributed by atoms with Crippen molar-refractivity contribution < 1.29 is 17.9 Å². The first-order valence-electron chi connectivity index (χ1n) is 5.78. The molecule has 17 heavy (non-hydrogen) atoms. The van der Waals surface area contributed by atoms with Gasteiger partial charge in [-0.15, -0.1) is 0 Å². The fraction of sp³-hybridized carbons (Fsp3) is 0.538. The van der Waals surface area contributed by atoms with Gasteiger partial charge in [0.05, 0.1) is 7.11 Å². The van der Waals surface area contributed by atoms with Gasteiger partial charge in [0.25, 0.3) is 0 Å². The molecule has 0 amide bonds. The smallest absolute Gasteiger partial charge is 0.190 e. The summed E-state index contributed by atoms with van der Waals surface area (Å²) in [5, 5.41) is 0. The molecule has 0 aromatic heterocycles. The Morgan fingerprint density at radius 1 is 1.06 bits per heavy atom. The van der Waals surface area contributed by atoms with Crippen LogP contribution in [0.25, 0.3) is 0 Å². The quantitative estimate of drug-likeness (QED) is 0.764. The SMILES string of the molecule is COc1c(F)cc(C2CCC(F)CC2)cc1F. The summed E-state index contributed by atoms with van der Waals surface area (Å²) in [6.45, 7) is 0.